The number of aromatic nitrogens is 1. The van der Waals surface area contributed by atoms with Gasteiger partial charge >= 0.3 is 0 Å². The lowest BCUT2D eigenvalue weighted by molar-refractivity contribution is 0.801. The van der Waals surface area contributed by atoms with Crippen LogP contribution in [0, 0.1) is 0 Å². The molecular weight excluding hydrogens is 292 g/mol. The van der Waals surface area contributed by atoms with Crippen LogP contribution in [0.1, 0.15) is 11.1 Å². The van der Waals surface area contributed by atoms with E-state index in [-0.39, 0.29) is 0 Å². The quantitative estimate of drug-likeness (QED) is 0.524. The van der Waals surface area contributed by atoms with Gasteiger partial charge in [-0.3, -0.25) is 0 Å². The zero-order valence-electron chi connectivity index (χ0n) is 13.5. The van der Waals surface area contributed by atoms with Crippen LogP contribution in [0.5, 0.6) is 0 Å². The summed E-state index contributed by atoms with van der Waals surface area (Å²) in [6.07, 6.45) is 1.99. The molecule has 0 saturated heterocycles. The van der Waals surface area contributed by atoms with Gasteiger partial charge in [-0.2, -0.15) is 0 Å². The first-order chi connectivity index (χ1) is 11.9. The number of nitrogens with zero attached hydrogens (tertiary/aromatic N) is 1. The lowest BCUT2D eigenvalue weighted by atomic mass is 10.1. The molecule has 1 heterocycles. The van der Waals surface area contributed by atoms with E-state index in [4.69, 9.17) is 0 Å². The summed E-state index contributed by atoms with van der Waals surface area (Å²) in [5, 5.41) is 1.25. The first-order valence-corrected chi connectivity index (χ1v) is 8.28. The lowest BCUT2D eigenvalue weighted by Crippen LogP contribution is -2.22. The molecule has 0 atom stereocenters. The zero-order valence-corrected chi connectivity index (χ0v) is 13.5. The smallest absolute Gasteiger partial charge is 0.0455 e. The van der Waals surface area contributed by atoms with Crippen molar-refractivity contribution in [2.24, 2.45) is 0 Å². The SMILES string of the molecule is c1ccc(CN(Cc2ccccc2)c2ccc3[nH]ccc3c2)cc1. The van der Waals surface area contributed by atoms with Crippen molar-refractivity contribution in [2.75, 3.05) is 4.90 Å². The summed E-state index contributed by atoms with van der Waals surface area (Å²) in [7, 11) is 0. The average molecular weight is 312 g/mol. The minimum atomic E-state index is 0.895. The standard InChI is InChI=1S/C22H20N2/c1-3-7-18(8-4-1)16-24(17-19-9-5-2-6-10-19)21-11-12-22-20(15-21)13-14-23-22/h1-15,23H,16-17H2. The predicted octanol–water partition coefficient (Wildman–Crippen LogP) is 5.37. The van der Waals surface area contributed by atoms with Gasteiger partial charge in [-0.15, -0.1) is 0 Å². The normalized spacial score (nSPS) is 10.8. The largest absolute Gasteiger partial charge is 0.363 e. The Labute approximate surface area is 142 Å². The number of hydrogen-bond acceptors (Lipinski definition) is 1. The number of H-pyrrole nitrogens is 1. The second-order valence-corrected chi connectivity index (χ2v) is 6.08. The minimum absolute atomic E-state index is 0.895. The summed E-state index contributed by atoms with van der Waals surface area (Å²) in [5.41, 5.74) is 5.07. The molecule has 0 saturated carbocycles. The second kappa shape index (κ2) is 6.63. The van der Waals surface area contributed by atoms with Crippen LogP contribution in [0.2, 0.25) is 0 Å². The summed E-state index contributed by atoms with van der Waals surface area (Å²) in [4.78, 5) is 5.69. The molecule has 4 aromatic rings. The van der Waals surface area contributed by atoms with E-state index in [1.807, 2.05) is 6.20 Å². The highest BCUT2D eigenvalue weighted by Crippen LogP contribution is 2.24. The van der Waals surface area contributed by atoms with E-state index in [9.17, 15) is 0 Å². The number of rotatable bonds is 5. The van der Waals surface area contributed by atoms with E-state index in [0.717, 1.165) is 13.1 Å². The Bertz CT molecular complexity index is 869. The highest BCUT2D eigenvalue weighted by atomic mass is 15.1. The first-order valence-electron chi connectivity index (χ1n) is 8.28. The number of nitrogens with one attached hydrogen (secondary N) is 1. The predicted molar refractivity (Wildman–Crippen MR) is 101 cm³/mol. The topological polar surface area (TPSA) is 19.0 Å². The van der Waals surface area contributed by atoms with Gasteiger partial charge < -0.3 is 9.88 Å². The van der Waals surface area contributed by atoms with Crippen LogP contribution in [-0.4, -0.2) is 4.98 Å². The molecule has 0 radical (unpaired) electrons. The van der Waals surface area contributed by atoms with E-state index in [0.29, 0.717) is 0 Å². The first kappa shape index (κ1) is 14.6. The van der Waals surface area contributed by atoms with Crippen LogP contribution in [-0.2, 0) is 13.1 Å². The van der Waals surface area contributed by atoms with Crippen molar-refractivity contribution < 1.29 is 0 Å². The summed E-state index contributed by atoms with van der Waals surface area (Å²) >= 11 is 0. The van der Waals surface area contributed by atoms with Crippen molar-refractivity contribution in [3.8, 4) is 0 Å². The van der Waals surface area contributed by atoms with Crippen molar-refractivity contribution in [3.05, 3.63) is 102 Å². The Morgan fingerprint density at radius 2 is 1.29 bits per heavy atom. The molecule has 0 spiro atoms. The molecule has 4 rings (SSSR count). The van der Waals surface area contributed by atoms with Gasteiger partial charge in [0.2, 0.25) is 0 Å². The van der Waals surface area contributed by atoms with Gasteiger partial charge in [0.25, 0.3) is 0 Å². The maximum atomic E-state index is 3.27. The molecule has 118 valence electrons. The van der Waals surface area contributed by atoms with Crippen LogP contribution >= 0.6 is 0 Å². The van der Waals surface area contributed by atoms with E-state index in [2.05, 4.69) is 94.8 Å². The number of hydrogen-bond donors (Lipinski definition) is 1. The number of anilines is 1. The Morgan fingerprint density at radius 3 is 1.92 bits per heavy atom. The van der Waals surface area contributed by atoms with Crippen molar-refractivity contribution >= 4 is 16.6 Å². The van der Waals surface area contributed by atoms with Gasteiger partial charge in [0.15, 0.2) is 0 Å². The fraction of sp³-hybridized carbons (Fsp3) is 0.0909. The van der Waals surface area contributed by atoms with E-state index < -0.39 is 0 Å². The summed E-state index contributed by atoms with van der Waals surface area (Å²) < 4.78 is 0. The van der Waals surface area contributed by atoms with Crippen LogP contribution in [0.15, 0.2) is 91.1 Å². The molecule has 1 N–H and O–H groups in total. The number of fused-ring (bicyclic) bond motifs is 1. The molecule has 0 unspecified atom stereocenters. The van der Waals surface area contributed by atoms with Crippen LogP contribution in [0.4, 0.5) is 5.69 Å². The van der Waals surface area contributed by atoms with Gasteiger partial charge in [0, 0.05) is 35.9 Å². The van der Waals surface area contributed by atoms with Crippen LogP contribution in [0.3, 0.4) is 0 Å². The third-order valence-electron chi connectivity index (χ3n) is 4.33. The Hall–Kier alpha value is -3.00. The average Bonchev–Trinajstić information content (AvgIpc) is 3.11. The Morgan fingerprint density at radius 1 is 0.667 bits per heavy atom. The van der Waals surface area contributed by atoms with Crippen molar-refractivity contribution in [2.45, 2.75) is 13.1 Å². The van der Waals surface area contributed by atoms with Gasteiger partial charge in [0.1, 0.15) is 0 Å². The molecule has 24 heavy (non-hydrogen) atoms. The van der Waals surface area contributed by atoms with Crippen molar-refractivity contribution in [1.82, 2.24) is 4.98 Å². The molecule has 3 aromatic carbocycles. The zero-order chi connectivity index (χ0) is 16.2. The molecule has 0 bridgehead atoms. The molecular formula is C22H20N2. The van der Waals surface area contributed by atoms with Gasteiger partial charge in [-0.1, -0.05) is 60.7 Å². The third kappa shape index (κ3) is 3.18. The molecule has 0 fully saturated rings. The highest BCUT2D eigenvalue weighted by Gasteiger charge is 2.09. The monoisotopic (exact) mass is 312 g/mol. The lowest BCUT2D eigenvalue weighted by Gasteiger charge is -2.25. The summed E-state index contributed by atoms with van der Waals surface area (Å²) in [6.45, 7) is 1.79. The maximum Gasteiger partial charge on any atom is 0.0455 e. The van der Waals surface area contributed by atoms with Gasteiger partial charge in [-0.05, 0) is 35.4 Å². The van der Waals surface area contributed by atoms with Crippen LogP contribution < -0.4 is 4.90 Å². The summed E-state index contributed by atoms with van der Waals surface area (Å²) in [5.74, 6) is 0. The Balaban J connectivity index is 1.68. The Kier molecular flexibility index (Phi) is 4.03. The van der Waals surface area contributed by atoms with Crippen LogP contribution in [0.25, 0.3) is 10.9 Å². The van der Waals surface area contributed by atoms with Gasteiger partial charge in [0.05, 0.1) is 0 Å². The molecule has 0 amide bonds. The molecule has 2 heteroatoms. The fourth-order valence-electron chi connectivity index (χ4n) is 3.08. The third-order valence-corrected chi connectivity index (χ3v) is 4.33. The maximum absolute atomic E-state index is 3.27. The molecule has 0 aliphatic rings. The minimum Gasteiger partial charge on any atom is -0.363 e. The van der Waals surface area contributed by atoms with E-state index in [1.165, 1.54) is 27.7 Å². The molecule has 0 aliphatic heterocycles. The van der Waals surface area contributed by atoms with E-state index >= 15 is 0 Å². The van der Waals surface area contributed by atoms with E-state index in [1.54, 1.807) is 0 Å². The van der Waals surface area contributed by atoms with Gasteiger partial charge in [-0.25, -0.2) is 0 Å². The highest BCUT2D eigenvalue weighted by molar-refractivity contribution is 5.83. The number of benzene rings is 3. The second-order valence-electron chi connectivity index (χ2n) is 6.08. The van der Waals surface area contributed by atoms with Crippen molar-refractivity contribution in [1.29, 1.82) is 0 Å². The molecule has 2 nitrogen and oxygen atoms in total. The molecule has 1 aromatic heterocycles. The summed E-state index contributed by atoms with van der Waals surface area (Å²) in [6, 6.07) is 30.0. The number of aromatic amines is 1. The fourth-order valence-corrected chi connectivity index (χ4v) is 3.08. The van der Waals surface area contributed by atoms with Crippen molar-refractivity contribution in [3.63, 3.8) is 0 Å². The molecule has 0 aliphatic carbocycles.